The van der Waals surface area contributed by atoms with E-state index < -0.39 is 74.2 Å². The highest BCUT2D eigenvalue weighted by atomic mass is 16.7. The summed E-state index contributed by atoms with van der Waals surface area (Å²) >= 11 is 0. The summed E-state index contributed by atoms with van der Waals surface area (Å²) < 4.78 is 11.0. The van der Waals surface area contributed by atoms with Gasteiger partial charge in [0.2, 0.25) is 5.91 Å². The molecule has 9 unspecified atom stereocenters. The molecule has 1 heterocycles. The van der Waals surface area contributed by atoms with Crippen LogP contribution in [0, 0.1) is 0 Å². The van der Waals surface area contributed by atoms with Crippen molar-refractivity contribution in [2.24, 2.45) is 0 Å². The Hall–Kier alpha value is -1.15. The van der Waals surface area contributed by atoms with Gasteiger partial charge in [-0.05, 0) is 32.1 Å². The van der Waals surface area contributed by atoms with Crippen LogP contribution >= 0.6 is 0 Å². The van der Waals surface area contributed by atoms with Crippen molar-refractivity contribution < 1.29 is 50.0 Å². The van der Waals surface area contributed by atoms with E-state index in [9.17, 15) is 40.5 Å². The Labute approximate surface area is 315 Å². The molecule has 8 N–H and O–H groups in total. The van der Waals surface area contributed by atoms with E-state index in [0.717, 1.165) is 38.5 Å². The zero-order valence-corrected chi connectivity index (χ0v) is 32.8. The Morgan fingerprint density at radius 2 is 1.15 bits per heavy atom. The maximum atomic E-state index is 13.0. The molecule has 1 aliphatic rings. The first-order valence-corrected chi connectivity index (χ1v) is 21.1. The predicted molar refractivity (Wildman–Crippen MR) is 206 cm³/mol. The van der Waals surface area contributed by atoms with Crippen molar-refractivity contribution in [2.75, 3.05) is 13.2 Å². The van der Waals surface area contributed by atoms with Gasteiger partial charge in [-0.3, -0.25) is 4.79 Å². The van der Waals surface area contributed by atoms with Crippen molar-refractivity contribution in [3.05, 3.63) is 12.2 Å². The van der Waals surface area contributed by atoms with Gasteiger partial charge in [-0.1, -0.05) is 154 Å². The van der Waals surface area contributed by atoms with E-state index in [-0.39, 0.29) is 12.8 Å². The summed E-state index contributed by atoms with van der Waals surface area (Å²) in [4.78, 5) is 13.0. The quantitative estimate of drug-likeness (QED) is 0.0299. The molecule has 9 atom stereocenters. The Morgan fingerprint density at radius 1 is 0.654 bits per heavy atom. The monoisotopic (exact) mass is 746 g/mol. The van der Waals surface area contributed by atoms with E-state index in [1.807, 2.05) is 6.08 Å². The number of ether oxygens (including phenoxy) is 2. The third kappa shape index (κ3) is 22.3. The van der Waals surface area contributed by atoms with Gasteiger partial charge in [0.1, 0.15) is 36.6 Å². The number of unbranched alkanes of at least 4 members (excludes halogenated alkanes) is 20. The van der Waals surface area contributed by atoms with Crippen LogP contribution in [0.15, 0.2) is 12.2 Å². The molecule has 52 heavy (non-hydrogen) atoms. The minimum absolute atomic E-state index is 0.256. The number of allylic oxidation sites excluding steroid dienone is 2. The lowest BCUT2D eigenvalue weighted by Gasteiger charge is -2.40. The number of aliphatic hydroxyl groups is 7. The molecule has 1 amide bonds. The van der Waals surface area contributed by atoms with Gasteiger partial charge in [-0.15, -0.1) is 0 Å². The Balaban J connectivity index is 2.37. The Kier molecular flexibility index (Phi) is 30.2. The predicted octanol–water partition coefficient (Wildman–Crippen LogP) is 5.72. The molecule has 0 aromatic rings. The first kappa shape index (κ1) is 48.9. The lowest BCUT2D eigenvalue weighted by molar-refractivity contribution is -0.303. The fraction of sp³-hybridized carbons (Fsp3) is 0.927. The smallest absolute Gasteiger partial charge is 0.249 e. The normalized spacial score (nSPS) is 23.1. The number of amides is 1. The van der Waals surface area contributed by atoms with Crippen molar-refractivity contribution in [1.82, 2.24) is 5.32 Å². The van der Waals surface area contributed by atoms with Crippen LogP contribution in [0.25, 0.3) is 0 Å². The van der Waals surface area contributed by atoms with Gasteiger partial charge in [0.05, 0.1) is 25.4 Å². The van der Waals surface area contributed by atoms with E-state index in [1.165, 1.54) is 96.3 Å². The van der Waals surface area contributed by atoms with E-state index in [0.29, 0.717) is 12.8 Å². The van der Waals surface area contributed by atoms with Gasteiger partial charge < -0.3 is 50.5 Å². The summed E-state index contributed by atoms with van der Waals surface area (Å²) in [6.07, 6.45) is 20.4. The number of nitrogens with one attached hydrogen (secondary N) is 1. The third-order valence-electron chi connectivity index (χ3n) is 10.3. The fourth-order valence-corrected chi connectivity index (χ4v) is 6.74. The Bertz CT molecular complexity index is 861. The van der Waals surface area contributed by atoms with Crippen molar-refractivity contribution in [2.45, 2.75) is 229 Å². The third-order valence-corrected chi connectivity index (χ3v) is 10.3. The molecule has 0 aromatic heterocycles. The second kappa shape index (κ2) is 32.1. The van der Waals surface area contributed by atoms with Gasteiger partial charge in [-0.2, -0.15) is 0 Å². The summed E-state index contributed by atoms with van der Waals surface area (Å²) in [5, 5.41) is 74.9. The number of hydrogen-bond acceptors (Lipinski definition) is 10. The average molecular weight is 746 g/mol. The molecular weight excluding hydrogens is 666 g/mol. The standard InChI is InChI=1S/C41H79NO10/c1-3-5-7-9-11-12-13-14-15-16-17-18-19-20-21-22-23-25-27-29-34(45)40(50)42-32(36(46)33(44)28-26-24-10-8-6-4-2)31-51-41-39(49)38(48)37(47)35(30-43)52-41/h8,10,32-39,41,43-49H,3-7,9,11-31H2,1-2H3,(H,42,50)/b10-8+. The SMILES string of the molecule is CCC/C=C/CCCC(O)C(O)C(COC1OC(CO)C(O)C(O)C1O)NC(=O)C(O)CCCCCCCCCCCCCCCCCCCCC. The van der Waals surface area contributed by atoms with Crippen molar-refractivity contribution in [1.29, 1.82) is 0 Å². The molecule has 0 radical (unpaired) electrons. The first-order chi connectivity index (χ1) is 25.2. The minimum Gasteiger partial charge on any atom is -0.394 e. The van der Waals surface area contributed by atoms with Crippen LogP contribution in [0.5, 0.6) is 0 Å². The van der Waals surface area contributed by atoms with Gasteiger partial charge in [0, 0.05) is 0 Å². The molecule has 11 heteroatoms. The number of aliphatic hydroxyl groups excluding tert-OH is 7. The Morgan fingerprint density at radius 3 is 1.65 bits per heavy atom. The van der Waals surface area contributed by atoms with Crippen molar-refractivity contribution >= 4 is 5.91 Å². The van der Waals surface area contributed by atoms with E-state index in [2.05, 4.69) is 25.2 Å². The minimum atomic E-state index is -1.66. The number of hydrogen-bond donors (Lipinski definition) is 8. The molecule has 0 aromatic carbocycles. The molecule has 0 aliphatic carbocycles. The topological polar surface area (TPSA) is 189 Å². The second-order valence-electron chi connectivity index (χ2n) is 15.1. The summed E-state index contributed by atoms with van der Waals surface area (Å²) in [6.45, 7) is 3.28. The molecule has 11 nitrogen and oxygen atoms in total. The van der Waals surface area contributed by atoms with Crippen molar-refractivity contribution in [3.8, 4) is 0 Å². The van der Waals surface area contributed by atoms with Gasteiger partial charge in [0.25, 0.3) is 0 Å². The second-order valence-corrected chi connectivity index (χ2v) is 15.1. The van der Waals surface area contributed by atoms with Gasteiger partial charge >= 0.3 is 0 Å². The number of rotatable bonds is 34. The maximum Gasteiger partial charge on any atom is 0.249 e. The zero-order valence-electron chi connectivity index (χ0n) is 32.8. The van der Waals surface area contributed by atoms with Gasteiger partial charge in [-0.25, -0.2) is 0 Å². The van der Waals surface area contributed by atoms with E-state index in [4.69, 9.17) is 9.47 Å². The zero-order chi connectivity index (χ0) is 38.4. The molecule has 1 aliphatic heterocycles. The molecule has 0 spiro atoms. The lowest BCUT2D eigenvalue weighted by atomic mass is 9.98. The molecule has 308 valence electrons. The summed E-state index contributed by atoms with van der Waals surface area (Å²) in [5.74, 6) is -0.710. The van der Waals surface area contributed by atoms with Crippen LogP contribution in [-0.2, 0) is 14.3 Å². The number of carbonyl (C=O) groups is 1. The van der Waals surface area contributed by atoms with Crippen LogP contribution in [0.1, 0.15) is 174 Å². The maximum absolute atomic E-state index is 13.0. The summed E-state index contributed by atoms with van der Waals surface area (Å²) in [5.41, 5.74) is 0. The van der Waals surface area contributed by atoms with E-state index in [1.54, 1.807) is 0 Å². The highest BCUT2D eigenvalue weighted by molar-refractivity contribution is 5.80. The van der Waals surface area contributed by atoms with Crippen LogP contribution < -0.4 is 5.32 Å². The van der Waals surface area contributed by atoms with Crippen LogP contribution in [0.3, 0.4) is 0 Å². The summed E-state index contributed by atoms with van der Waals surface area (Å²) in [6, 6.07) is -1.18. The molecule has 0 saturated carbocycles. The largest absolute Gasteiger partial charge is 0.394 e. The van der Waals surface area contributed by atoms with Crippen LogP contribution in [-0.4, -0.2) is 110 Å². The lowest BCUT2D eigenvalue weighted by Crippen LogP contribution is -2.60. The molecule has 0 bridgehead atoms. The van der Waals surface area contributed by atoms with Crippen molar-refractivity contribution in [3.63, 3.8) is 0 Å². The van der Waals surface area contributed by atoms with Crippen LogP contribution in [0.4, 0.5) is 0 Å². The summed E-state index contributed by atoms with van der Waals surface area (Å²) in [7, 11) is 0. The fourth-order valence-electron chi connectivity index (χ4n) is 6.74. The highest BCUT2D eigenvalue weighted by Gasteiger charge is 2.44. The first-order valence-electron chi connectivity index (χ1n) is 21.1. The molecule has 1 saturated heterocycles. The average Bonchev–Trinajstić information content (AvgIpc) is 3.14. The molecule has 1 fully saturated rings. The van der Waals surface area contributed by atoms with Gasteiger partial charge in [0.15, 0.2) is 6.29 Å². The van der Waals surface area contributed by atoms with E-state index >= 15 is 0 Å². The highest BCUT2D eigenvalue weighted by Crippen LogP contribution is 2.23. The molecule has 1 rings (SSSR count). The number of carbonyl (C=O) groups excluding carboxylic acids is 1. The van der Waals surface area contributed by atoms with Crippen LogP contribution in [0.2, 0.25) is 0 Å². The molecular formula is C41H79NO10.